The average Bonchev–Trinajstić information content (AvgIpc) is 2.86. The molecule has 4 nitrogen and oxygen atoms in total. The van der Waals surface area contributed by atoms with Gasteiger partial charge >= 0.3 is 0 Å². The standard InChI is InChI=1S/C29H29N3O.2ClH/c1-4-32(5-2)29-20-24(16-17-26(29)30-21(3)33)25-18-27(22-12-8-6-9-13-22)31-28(19-25)23-14-10-7-11-15-23;;/h6-20H,4-5H2,1-3H3,(H,30,33);2*1H. The van der Waals surface area contributed by atoms with E-state index in [0.717, 1.165) is 58.1 Å². The molecule has 0 aliphatic rings. The van der Waals surface area contributed by atoms with Crippen LogP contribution in [0, 0.1) is 0 Å². The molecule has 4 rings (SSSR count). The summed E-state index contributed by atoms with van der Waals surface area (Å²) in [4.78, 5) is 19.0. The number of hydrogen-bond donors (Lipinski definition) is 1. The summed E-state index contributed by atoms with van der Waals surface area (Å²) in [6.07, 6.45) is 0. The van der Waals surface area contributed by atoms with Gasteiger partial charge in [-0.2, -0.15) is 0 Å². The Balaban J connectivity index is 0.00000216. The van der Waals surface area contributed by atoms with Gasteiger partial charge in [0.25, 0.3) is 0 Å². The molecule has 3 aromatic carbocycles. The molecule has 0 fully saturated rings. The summed E-state index contributed by atoms with van der Waals surface area (Å²) < 4.78 is 0. The molecule has 0 saturated carbocycles. The zero-order chi connectivity index (χ0) is 23.2. The quantitative estimate of drug-likeness (QED) is 0.278. The van der Waals surface area contributed by atoms with Gasteiger partial charge in [0.05, 0.1) is 22.8 Å². The van der Waals surface area contributed by atoms with Gasteiger partial charge in [-0.1, -0.05) is 66.7 Å². The number of benzene rings is 3. The number of amides is 1. The van der Waals surface area contributed by atoms with E-state index in [-0.39, 0.29) is 30.7 Å². The maximum absolute atomic E-state index is 11.8. The Morgan fingerprint density at radius 1 is 0.714 bits per heavy atom. The third-order valence-electron chi connectivity index (χ3n) is 5.71. The van der Waals surface area contributed by atoms with E-state index >= 15 is 0 Å². The Labute approximate surface area is 220 Å². The van der Waals surface area contributed by atoms with Crippen molar-refractivity contribution in [3.63, 3.8) is 0 Å². The van der Waals surface area contributed by atoms with Gasteiger partial charge in [0, 0.05) is 31.1 Å². The molecule has 0 spiro atoms. The van der Waals surface area contributed by atoms with Crippen molar-refractivity contribution in [1.29, 1.82) is 0 Å². The Morgan fingerprint density at radius 2 is 1.23 bits per heavy atom. The van der Waals surface area contributed by atoms with Crippen LogP contribution in [0.5, 0.6) is 0 Å². The summed E-state index contributed by atoms with van der Waals surface area (Å²) >= 11 is 0. The van der Waals surface area contributed by atoms with E-state index in [1.54, 1.807) is 6.92 Å². The molecular weight excluding hydrogens is 477 g/mol. The number of halogens is 2. The highest BCUT2D eigenvalue weighted by Gasteiger charge is 2.14. The van der Waals surface area contributed by atoms with Crippen molar-refractivity contribution in [2.45, 2.75) is 20.8 Å². The van der Waals surface area contributed by atoms with E-state index in [2.05, 4.69) is 72.6 Å². The molecule has 0 radical (unpaired) electrons. The van der Waals surface area contributed by atoms with Crippen LogP contribution in [0.2, 0.25) is 0 Å². The van der Waals surface area contributed by atoms with Gasteiger partial charge in [-0.25, -0.2) is 4.98 Å². The fourth-order valence-corrected chi connectivity index (χ4v) is 4.04. The van der Waals surface area contributed by atoms with Gasteiger partial charge in [-0.3, -0.25) is 4.79 Å². The Bertz CT molecular complexity index is 1190. The number of hydrogen-bond acceptors (Lipinski definition) is 3. The van der Waals surface area contributed by atoms with Crippen molar-refractivity contribution >= 4 is 42.1 Å². The summed E-state index contributed by atoms with van der Waals surface area (Å²) in [5.74, 6) is -0.0715. The van der Waals surface area contributed by atoms with Gasteiger partial charge in [0.2, 0.25) is 5.91 Å². The van der Waals surface area contributed by atoms with Crippen LogP contribution in [-0.2, 0) is 4.79 Å². The Hall–Kier alpha value is -3.34. The monoisotopic (exact) mass is 507 g/mol. The topological polar surface area (TPSA) is 45.2 Å². The van der Waals surface area contributed by atoms with Crippen molar-refractivity contribution in [2.24, 2.45) is 0 Å². The predicted octanol–water partition coefficient (Wildman–Crippen LogP) is 7.73. The lowest BCUT2D eigenvalue weighted by Gasteiger charge is -2.25. The highest BCUT2D eigenvalue weighted by atomic mass is 35.5. The number of aromatic nitrogens is 1. The lowest BCUT2D eigenvalue weighted by Crippen LogP contribution is -2.23. The fourth-order valence-electron chi connectivity index (χ4n) is 4.04. The number of nitrogens with zero attached hydrogens (tertiary/aromatic N) is 2. The number of pyridine rings is 1. The summed E-state index contributed by atoms with van der Waals surface area (Å²) in [6, 6.07) is 31.0. The van der Waals surface area contributed by atoms with E-state index in [1.165, 1.54) is 0 Å². The molecule has 182 valence electrons. The van der Waals surface area contributed by atoms with Crippen LogP contribution in [0.15, 0.2) is 91.0 Å². The smallest absolute Gasteiger partial charge is 0.221 e. The number of carbonyl (C=O) groups excluding carboxylic acids is 1. The van der Waals surface area contributed by atoms with E-state index in [1.807, 2.05) is 42.5 Å². The second kappa shape index (κ2) is 12.9. The first-order chi connectivity index (χ1) is 16.1. The van der Waals surface area contributed by atoms with E-state index in [9.17, 15) is 4.79 Å². The molecular formula is C29H31Cl2N3O. The molecule has 1 heterocycles. The SMILES string of the molecule is CCN(CC)c1cc(-c2cc(-c3ccccc3)nc(-c3ccccc3)c2)ccc1NC(C)=O.Cl.Cl. The molecule has 1 N–H and O–H groups in total. The summed E-state index contributed by atoms with van der Waals surface area (Å²) in [5, 5.41) is 2.98. The summed E-state index contributed by atoms with van der Waals surface area (Å²) in [7, 11) is 0. The van der Waals surface area contributed by atoms with Crippen LogP contribution in [0.4, 0.5) is 11.4 Å². The first kappa shape index (κ1) is 27.9. The second-order valence-electron chi connectivity index (χ2n) is 7.94. The van der Waals surface area contributed by atoms with Gasteiger partial charge in [-0.15, -0.1) is 24.8 Å². The number of anilines is 2. The molecule has 0 aliphatic carbocycles. The van der Waals surface area contributed by atoms with E-state index < -0.39 is 0 Å². The molecule has 4 aromatic rings. The number of rotatable bonds is 7. The lowest BCUT2D eigenvalue weighted by molar-refractivity contribution is -0.114. The zero-order valence-electron chi connectivity index (χ0n) is 20.2. The maximum atomic E-state index is 11.8. The average molecular weight is 508 g/mol. The largest absolute Gasteiger partial charge is 0.370 e. The zero-order valence-corrected chi connectivity index (χ0v) is 21.8. The van der Waals surface area contributed by atoms with Crippen LogP contribution in [0.1, 0.15) is 20.8 Å². The molecule has 0 aliphatic heterocycles. The first-order valence-electron chi connectivity index (χ1n) is 11.4. The molecule has 0 unspecified atom stereocenters. The molecule has 6 heteroatoms. The van der Waals surface area contributed by atoms with Crippen molar-refractivity contribution in [2.75, 3.05) is 23.3 Å². The van der Waals surface area contributed by atoms with Gasteiger partial charge in [0.1, 0.15) is 0 Å². The minimum absolute atomic E-state index is 0. The maximum Gasteiger partial charge on any atom is 0.221 e. The highest BCUT2D eigenvalue weighted by Crippen LogP contribution is 2.35. The van der Waals surface area contributed by atoms with E-state index in [4.69, 9.17) is 4.98 Å². The van der Waals surface area contributed by atoms with Gasteiger partial charge in [-0.05, 0) is 49.2 Å². The number of carbonyl (C=O) groups is 1. The van der Waals surface area contributed by atoms with Crippen molar-refractivity contribution in [3.05, 3.63) is 91.0 Å². The van der Waals surface area contributed by atoms with Crippen LogP contribution >= 0.6 is 24.8 Å². The van der Waals surface area contributed by atoms with Crippen LogP contribution in [0.25, 0.3) is 33.6 Å². The Morgan fingerprint density at radius 3 is 1.69 bits per heavy atom. The molecule has 35 heavy (non-hydrogen) atoms. The lowest BCUT2D eigenvalue weighted by atomic mass is 9.99. The molecule has 0 bridgehead atoms. The van der Waals surface area contributed by atoms with Gasteiger partial charge < -0.3 is 10.2 Å². The molecule has 1 amide bonds. The fraction of sp³-hybridized carbons (Fsp3) is 0.172. The minimum Gasteiger partial charge on any atom is -0.370 e. The van der Waals surface area contributed by atoms with Crippen LogP contribution in [0.3, 0.4) is 0 Å². The van der Waals surface area contributed by atoms with Crippen molar-refractivity contribution in [1.82, 2.24) is 4.98 Å². The minimum atomic E-state index is -0.0715. The second-order valence-corrected chi connectivity index (χ2v) is 7.94. The van der Waals surface area contributed by atoms with Gasteiger partial charge in [0.15, 0.2) is 0 Å². The van der Waals surface area contributed by atoms with Crippen molar-refractivity contribution < 1.29 is 4.79 Å². The third-order valence-corrected chi connectivity index (χ3v) is 5.71. The molecule has 0 atom stereocenters. The highest BCUT2D eigenvalue weighted by molar-refractivity contribution is 5.94. The normalized spacial score (nSPS) is 10.0. The molecule has 0 saturated heterocycles. The predicted molar refractivity (Wildman–Crippen MR) is 153 cm³/mol. The number of nitrogens with one attached hydrogen (secondary N) is 1. The Kier molecular flexibility index (Phi) is 10.3. The van der Waals surface area contributed by atoms with Crippen molar-refractivity contribution in [3.8, 4) is 33.6 Å². The summed E-state index contributed by atoms with van der Waals surface area (Å²) in [5.41, 5.74) is 8.05. The van der Waals surface area contributed by atoms with Crippen LogP contribution in [-0.4, -0.2) is 24.0 Å². The summed E-state index contributed by atoms with van der Waals surface area (Å²) in [6.45, 7) is 7.50. The third kappa shape index (κ3) is 6.62. The van der Waals surface area contributed by atoms with Crippen LogP contribution < -0.4 is 10.2 Å². The first-order valence-corrected chi connectivity index (χ1v) is 11.4. The molecule has 1 aromatic heterocycles. The van der Waals surface area contributed by atoms with E-state index in [0.29, 0.717) is 0 Å².